The maximum atomic E-state index is 3.91. The topological polar surface area (TPSA) is 82.9 Å². The van der Waals surface area contributed by atoms with Crippen molar-refractivity contribution in [1.29, 1.82) is 0 Å². The van der Waals surface area contributed by atoms with Gasteiger partial charge in [0.15, 0.2) is 0 Å². The molecule has 3 aliphatic rings. The van der Waals surface area contributed by atoms with E-state index in [0.29, 0.717) is 0 Å². The van der Waals surface area contributed by atoms with Gasteiger partial charge in [0.25, 0.3) is 0 Å². The highest BCUT2D eigenvalue weighted by molar-refractivity contribution is 4.69. The van der Waals surface area contributed by atoms with Crippen molar-refractivity contribution in [3.05, 3.63) is 0 Å². The van der Waals surface area contributed by atoms with Gasteiger partial charge in [0.1, 0.15) is 0 Å². The third kappa shape index (κ3) is 8.93. The van der Waals surface area contributed by atoms with Crippen LogP contribution in [0.4, 0.5) is 0 Å². The molecule has 0 saturated heterocycles. The highest BCUT2D eigenvalue weighted by Crippen LogP contribution is 2.26. The van der Waals surface area contributed by atoms with E-state index < -0.39 is 0 Å². The summed E-state index contributed by atoms with van der Waals surface area (Å²) in [5.41, 5.74) is 11.5. The number of quaternary nitrogens is 3. The second kappa shape index (κ2) is 11.5. The minimum atomic E-state index is 0.976. The average Bonchev–Trinajstić information content (AvgIpc) is 3.23. The van der Waals surface area contributed by atoms with Gasteiger partial charge in [0, 0.05) is 17.8 Å². The summed E-state index contributed by atoms with van der Waals surface area (Å²) in [6, 6.07) is 0. The molecule has 0 radical (unpaired) electrons. The number of rotatable bonds is 3. The number of hydrogen-bond acceptors (Lipinski definition) is 0. The molecule has 0 spiro atoms. The summed E-state index contributed by atoms with van der Waals surface area (Å²) in [7, 11) is 0. The van der Waals surface area contributed by atoms with E-state index in [1.54, 1.807) is 0 Å². The molecule has 3 saturated carbocycles. The van der Waals surface area contributed by atoms with Crippen LogP contribution in [0.5, 0.6) is 0 Å². The lowest BCUT2D eigenvalue weighted by atomic mass is 9.90. The van der Waals surface area contributed by atoms with Crippen LogP contribution in [0.3, 0.4) is 0 Å². The first-order valence-corrected chi connectivity index (χ1v) is 9.17. The Bertz CT molecular complexity index is 204. The van der Waals surface area contributed by atoms with Crippen LogP contribution in [0.15, 0.2) is 0 Å². The summed E-state index contributed by atoms with van der Waals surface area (Å²) in [6.45, 7) is 3.50. The van der Waals surface area contributed by atoms with E-state index in [9.17, 15) is 0 Å². The molecule has 9 N–H and O–H groups in total. The van der Waals surface area contributed by atoms with E-state index in [2.05, 4.69) is 17.2 Å². The molecule has 3 rings (SSSR count). The summed E-state index contributed by atoms with van der Waals surface area (Å²) < 4.78 is 0. The van der Waals surface area contributed by atoms with E-state index in [1.807, 2.05) is 0 Å². The zero-order valence-corrected chi connectivity index (χ0v) is 13.8. The Morgan fingerprint density at radius 2 is 0.750 bits per heavy atom. The van der Waals surface area contributed by atoms with Gasteiger partial charge in [0.2, 0.25) is 0 Å². The first-order valence-electron chi connectivity index (χ1n) is 9.17. The Labute approximate surface area is 126 Å². The van der Waals surface area contributed by atoms with E-state index in [4.69, 9.17) is 0 Å². The molecule has 0 aromatic heterocycles. The van der Waals surface area contributed by atoms with Gasteiger partial charge in [-0.1, -0.05) is 32.1 Å². The van der Waals surface area contributed by atoms with E-state index in [-0.39, 0.29) is 0 Å². The zero-order valence-electron chi connectivity index (χ0n) is 13.8. The fourth-order valence-electron chi connectivity index (χ4n) is 3.18. The van der Waals surface area contributed by atoms with Crippen molar-refractivity contribution >= 4 is 0 Å². The van der Waals surface area contributed by atoms with Crippen molar-refractivity contribution < 1.29 is 17.2 Å². The summed E-state index contributed by atoms with van der Waals surface area (Å²) in [4.78, 5) is 0. The smallest absolute Gasteiger partial charge is 0.0768 e. The zero-order chi connectivity index (χ0) is 14.6. The van der Waals surface area contributed by atoms with Crippen LogP contribution >= 0.6 is 0 Å². The molecule has 0 amide bonds. The molecule has 3 aliphatic carbocycles. The van der Waals surface area contributed by atoms with Gasteiger partial charge >= 0.3 is 0 Å². The highest BCUT2D eigenvalue weighted by Gasteiger charge is 2.20. The van der Waals surface area contributed by atoms with Gasteiger partial charge < -0.3 is 17.2 Å². The monoisotopic (exact) mass is 286 g/mol. The van der Waals surface area contributed by atoms with Gasteiger partial charge in [-0.15, -0.1) is 0 Å². The average molecular weight is 287 g/mol. The third-order valence-electron chi connectivity index (χ3n) is 5.12. The second-order valence-corrected chi connectivity index (χ2v) is 6.96. The Hall–Kier alpha value is -0.120. The summed E-state index contributed by atoms with van der Waals surface area (Å²) >= 11 is 0. The van der Waals surface area contributed by atoms with Crippen molar-refractivity contribution in [3.63, 3.8) is 0 Å². The van der Waals surface area contributed by atoms with Gasteiger partial charge in [0.05, 0.1) is 19.6 Å². The quantitative estimate of drug-likeness (QED) is 0.688. The van der Waals surface area contributed by atoms with Crippen LogP contribution in [-0.4, -0.2) is 19.6 Å². The molecule has 120 valence electrons. The minimum absolute atomic E-state index is 0.976. The first kappa shape index (κ1) is 17.9. The van der Waals surface area contributed by atoms with E-state index in [0.717, 1.165) is 17.8 Å². The van der Waals surface area contributed by atoms with Crippen LogP contribution < -0.4 is 17.2 Å². The highest BCUT2D eigenvalue weighted by atomic mass is 14.6. The van der Waals surface area contributed by atoms with E-state index in [1.165, 1.54) is 90.3 Å². The standard InChI is InChI=1S/C7H15N.C6H13N.C4H9N/c8-6-7-4-2-1-3-5-7;7-5-6-3-1-2-4-6;5-3-4-1-2-4/h7H,1-6,8H2;6H,1-5,7H2;4H,1-3,5H2/p+3. The number of hydrogen-bond donors (Lipinski definition) is 3. The molecule has 0 aliphatic heterocycles. The Balaban J connectivity index is 0.000000154. The van der Waals surface area contributed by atoms with Gasteiger partial charge in [-0.25, -0.2) is 0 Å². The van der Waals surface area contributed by atoms with Crippen LogP contribution in [-0.2, 0) is 0 Å². The van der Waals surface area contributed by atoms with Crippen LogP contribution in [0, 0.1) is 17.8 Å². The Morgan fingerprint density at radius 1 is 0.450 bits per heavy atom. The second-order valence-electron chi connectivity index (χ2n) is 6.96. The molecule has 3 fully saturated rings. The summed E-state index contributed by atoms with van der Waals surface area (Å²) in [6.07, 6.45) is 16.0. The molecule has 0 aromatic rings. The van der Waals surface area contributed by atoms with Crippen molar-refractivity contribution in [3.8, 4) is 0 Å². The lowest BCUT2D eigenvalue weighted by molar-refractivity contribution is -0.380. The Kier molecular flexibility index (Phi) is 10.3. The molecular formula is C17H40N3+3. The predicted molar refractivity (Wildman–Crippen MR) is 84.5 cm³/mol. The Morgan fingerprint density at radius 3 is 0.950 bits per heavy atom. The molecule has 0 bridgehead atoms. The molecule has 0 atom stereocenters. The lowest BCUT2D eigenvalue weighted by Crippen LogP contribution is -2.53. The molecule has 3 heteroatoms. The van der Waals surface area contributed by atoms with Crippen molar-refractivity contribution in [2.45, 2.75) is 70.6 Å². The minimum Gasteiger partial charge on any atom is -0.357 e. The summed E-state index contributed by atoms with van der Waals surface area (Å²) in [5.74, 6) is 2.98. The fraction of sp³-hybridized carbons (Fsp3) is 1.00. The SMILES string of the molecule is [NH3+]CC1CC1.[NH3+]CC1CCCC1.[NH3+]CC1CCCCC1. The summed E-state index contributed by atoms with van der Waals surface area (Å²) in [5, 5.41) is 0. The van der Waals surface area contributed by atoms with Crippen molar-refractivity contribution in [2.75, 3.05) is 19.6 Å². The van der Waals surface area contributed by atoms with Gasteiger partial charge in [-0.3, -0.25) is 0 Å². The normalized spacial score (nSPS) is 23.6. The lowest BCUT2D eigenvalue weighted by Gasteiger charge is -2.16. The molecular weight excluding hydrogens is 246 g/mol. The fourth-order valence-corrected chi connectivity index (χ4v) is 3.18. The molecule has 0 heterocycles. The van der Waals surface area contributed by atoms with Crippen LogP contribution in [0.1, 0.15) is 70.6 Å². The van der Waals surface area contributed by atoms with Crippen molar-refractivity contribution in [1.82, 2.24) is 0 Å². The van der Waals surface area contributed by atoms with Crippen LogP contribution in [0.25, 0.3) is 0 Å². The molecule has 3 nitrogen and oxygen atoms in total. The first-order chi connectivity index (χ1) is 9.80. The van der Waals surface area contributed by atoms with Crippen LogP contribution in [0.2, 0.25) is 0 Å². The van der Waals surface area contributed by atoms with Crippen molar-refractivity contribution in [2.24, 2.45) is 17.8 Å². The molecule has 20 heavy (non-hydrogen) atoms. The van der Waals surface area contributed by atoms with Gasteiger partial charge in [-0.2, -0.15) is 0 Å². The largest absolute Gasteiger partial charge is 0.357 e. The van der Waals surface area contributed by atoms with E-state index >= 15 is 0 Å². The predicted octanol–water partition coefficient (Wildman–Crippen LogP) is 0.865. The molecule has 0 unspecified atom stereocenters. The maximum Gasteiger partial charge on any atom is 0.0768 e. The van der Waals surface area contributed by atoms with Gasteiger partial charge in [-0.05, 0) is 38.5 Å². The molecule has 0 aromatic carbocycles. The third-order valence-corrected chi connectivity index (χ3v) is 5.12. The maximum absolute atomic E-state index is 3.91.